The number of anilines is 2. The number of carboxylic acid groups (broad SMARTS) is 2. The second-order valence-electron chi connectivity index (χ2n) is 23.6. The minimum Gasteiger partial charge on any atom is -0.481 e. The Kier molecular flexibility index (Phi) is 46.0. The number of hydrogen-bond donors (Lipinski definition) is 12. The van der Waals surface area contributed by atoms with E-state index in [1.807, 2.05) is 36.4 Å². The summed E-state index contributed by atoms with van der Waals surface area (Å²) in [6.45, 7) is 3.66. The zero-order valence-electron chi connectivity index (χ0n) is 58.3. The quantitative estimate of drug-likeness (QED) is 0.0185. The van der Waals surface area contributed by atoms with Crippen LogP contribution in [0.25, 0.3) is 0 Å². The van der Waals surface area contributed by atoms with Crippen LogP contribution in [0.2, 0.25) is 20.1 Å². The van der Waals surface area contributed by atoms with Gasteiger partial charge in [0.25, 0.3) is 0 Å². The Hall–Kier alpha value is -8.36. The normalized spacial score (nSPS) is 12.1. The van der Waals surface area contributed by atoms with Crippen molar-refractivity contribution >= 4 is 118 Å². The second kappa shape index (κ2) is 54.3. The zero-order valence-corrected chi connectivity index (χ0v) is 61.3. The Labute approximate surface area is 625 Å². The van der Waals surface area contributed by atoms with Crippen LogP contribution < -0.4 is 53.2 Å². The first kappa shape index (κ1) is 88.0. The maximum absolute atomic E-state index is 13.7. The summed E-state index contributed by atoms with van der Waals surface area (Å²) in [5.74, 6) is -3.25. The number of nitrogens with zero attached hydrogens (tertiary/aromatic N) is 2. The number of amides is 8. The van der Waals surface area contributed by atoms with E-state index in [9.17, 15) is 58.2 Å². The van der Waals surface area contributed by atoms with Gasteiger partial charge in [-0.3, -0.25) is 38.4 Å². The summed E-state index contributed by atoms with van der Waals surface area (Å²) in [4.78, 5) is 135. The lowest BCUT2D eigenvalue weighted by molar-refractivity contribution is -0.139. The second-order valence-corrected chi connectivity index (χ2v) is 25.4. The number of aliphatic carboxylic acids is 2. The Balaban J connectivity index is 0.950. The van der Waals surface area contributed by atoms with Gasteiger partial charge in [-0.1, -0.05) is 58.5 Å². The largest absolute Gasteiger partial charge is 0.481 e. The molecule has 2 aromatic carbocycles. The number of aromatic nitrogens is 2. The summed E-state index contributed by atoms with van der Waals surface area (Å²) in [5.41, 5.74) is 0.781. The Morgan fingerprint density at radius 3 is 1.09 bits per heavy atom. The van der Waals surface area contributed by atoms with Crippen LogP contribution in [0.5, 0.6) is 0 Å². The van der Waals surface area contributed by atoms with Gasteiger partial charge in [0.2, 0.25) is 35.4 Å². The molecule has 4 rings (SSSR count). The molecule has 0 saturated heterocycles. The highest BCUT2D eigenvalue weighted by molar-refractivity contribution is 6.35. The Morgan fingerprint density at radius 1 is 0.375 bits per heavy atom. The topological polar surface area (TPSA) is 413 Å². The third-order valence-corrected chi connectivity index (χ3v) is 16.0. The predicted molar refractivity (Wildman–Crippen MR) is 390 cm³/mol. The lowest BCUT2D eigenvalue weighted by Crippen LogP contribution is -2.48. The summed E-state index contributed by atoms with van der Waals surface area (Å²) in [6, 6.07) is 16.1. The van der Waals surface area contributed by atoms with E-state index < -0.39 is 72.9 Å². The van der Waals surface area contributed by atoms with Gasteiger partial charge in [-0.05, 0) is 149 Å². The van der Waals surface area contributed by atoms with Crippen LogP contribution in [-0.2, 0) is 66.8 Å². The number of nitrogens with one attached hydrogen (secondary N) is 10. The number of benzene rings is 2. The Morgan fingerprint density at radius 2 is 0.721 bits per heavy atom. The SMILES string of the molecule is O=C(O)CC(NC(=O)C(CCCCNC(=O)CCOCCOCCOC(=O)NCCCCNC(=O)OCCOCCOCCC(=O)NCCCCC(NC(=O)CCCCNc1ccccn1)C(=O)NC(CC(=O)O)c1cc(Cl)cc(Cl)c1)NC(=O)CCCCNc1ccccn1)c1cc(Cl)cc(Cl)c1. The number of alkyl carbamates (subject to hydrolysis) is 2. The van der Waals surface area contributed by atoms with Crippen LogP contribution in [0.15, 0.2) is 85.2 Å². The monoisotopic (exact) mass is 1530 g/mol. The van der Waals surface area contributed by atoms with E-state index in [2.05, 4.69) is 63.1 Å². The number of halogens is 4. The van der Waals surface area contributed by atoms with Gasteiger partial charge < -0.3 is 91.8 Å². The molecule has 4 aromatic rings. The molecular formula is C70H98Cl4N12O18. The van der Waals surface area contributed by atoms with E-state index in [1.165, 1.54) is 36.4 Å². The first-order valence-electron chi connectivity index (χ1n) is 34.7. The minimum atomic E-state index is -1.17. The van der Waals surface area contributed by atoms with Gasteiger partial charge in [0.15, 0.2) is 0 Å². The van der Waals surface area contributed by atoms with Crippen molar-refractivity contribution in [1.29, 1.82) is 0 Å². The molecule has 0 radical (unpaired) electrons. The molecule has 0 saturated carbocycles. The van der Waals surface area contributed by atoms with Crippen molar-refractivity contribution in [3.8, 4) is 0 Å². The molecule has 12 N–H and O–H groups in total. The number of carboxylic acids is 2. The molecule has 34 heteroatoms. The predicted octanol–water partition coefficient (Wildman–Crippen LogP) is 8.24. The summed E-state index contributed by atoms with van der Waals surface area (Å²) < 4.78 is 32.1. The van der Waals surface area contributed by atoms with E-state index in [4.69, 9.17) is 74.8 Å². The average Bonchev–Trinajstić information content (AvgIpc) is 0.850. The molecule has 0 bridgehead atoms. The maximum atomic E-state index is 13.7. The standard InChI is InChI=1S/C70H98Cl4N12O18/c71-51-41-49(42-52(72)45-51)57(47-65(91)92)85-67(95)55(83-63(89)19-5-11-25-77-59-17-3-9-23-75-59)15-1-7-27-79-61(87)21-31-99-33-35-101-37-39-103-69(97)81-29-13-14-30-82-70(98)104-40-38-102-36-34-100-32-22-62(88)80-28-8-2-16-56(84-64(90)20-6-12-26-78-60-18-4-10-24-76-60)68(96)86-58(48-66(93)94)50-43-53(73)46-54(74)44-50/h3-4,9-10,17-18,23-24,41-46,55-58H,1-2,5-8,11-16,19-22,25-40,47-48H2,(H,75,77)(H,76,78)(H,79,87)(H,80,88)(H,81,97)(H,82,98)(H,83,89)(H,84,90)(H,85,95)(H,86,96)(H,91,92)(H,93,94). The van der Waals surface area contributed by atoms with E-state index in [0.29, 0.717) is 115 Å². The third kappa shape index (κ3) is 43.0. The van der Waals surface area contributed by atoms with Crippen LogP contribution in [-0.4, -0.2) is 197 Å². The maximum Gasteiger partial charge on any atom is 0.407 e. The van der Waals surface area contributed by atoms with Crippen molar-refractivity contribution in [2.75, 3.05) is 116 Å². The van der Waals surface area contributed by atoms with E-state index in [1.54, 1.807) is 12.4 Å². The summed E-state index contributed by atoms with van der Waals surface area (Å²) >= 11 is 24.7. The van der Waals surface area contributed by atoms with Gasteiger partial charge in [0, 0.05) is 97.4 Å². The molecule has 0 fully saturated rings. The zero-order chi connectivity index (χ0) is 75.4. The Bertz CT molecular complexity index is 2980. The van der Waals surface area contributed by atoms with Crippen molar-refractivity contribution in [2.24, 2.45) is 0 Å². The van der Waals surface area contributed by atoms with Crippen LogP contribution in [0, 0.1) is 0 Å². The van der Waals surface area contributed by atoms with E-state index in [0.717, 1.165) is 11.6 Å². The third-order valence-electron chi connectivity index (χ3n) is 15.1. The van der Waals surface area contributed by atoms with Crippen LogP contribution in [0.4, 0.5) is 21.2 Å². The highest BCUT2D eigenvalue weighted by Gasteiger charge is 2.28. The lowest BCUT2D eigenvalue weighted by Gasteiger charge is -2.23. The van der Waals surface area contributed by atoms with Crippen molar-refractivity contribution in [3.05, 3.63) is 116 Å². The van der Waals surface area contributed by atoms with Crippen molar-refractivity contribution in [3.63, 3.8) is 0 Å². The molecule has 0 spiro atoms. The van der Waals surface area contributed by atoms with Crippen molar-refractivity contribution in [1.82, 2.24) is 52.5 Å². The number of unbranched alkanes of at least 4 members (excludes halogenated alkanes) is 5. The number of hydrogen-bond acceptors (Lipinski definition) is 20. The average molecular weight is 1540 g/mol. The molecule has 0 aliphatic carbocycles. The molecule has 104 heavy (non-hydrogen) atoms. The number of pyridine rings is 2. The molecule has 8 amide bonds. The van der Waals surface area contributed by atoms with Crippen LogP contribution >= 0.6 is 46.4 Å². The van der Waals surface area contributed by atoms with Crippen molar-refractivity contribution in [2.45, 2.75) is 140 Å². The molecule has 0 aliphatic rings. The van der Waals surface area contributed by atoms with Gasteiger partial charge in [0.1, 0.15) is 36.9 Å². The number of ether oxygens (including phenoxy) is 6. The molecule has 2 heterocycles. The first-order valence-corrected chi connectivity index (χ1v) is 36.2. The number of carbonyl (C=O) groups excluding carboxylic acids is 8. The fourth-order valence-electron chi connectivity index (χ4n) is 9.88. The molecule has 4 unspecified atom stereocenters. The number of rotatable bonds is 57. The minimum absolute atomic E-state index is 0.00483. The summed E-state index contributed by atoms with van der Waals surface area (Å²) in [7, 11) is 0. The van der Waals surface area contributed by atoms with Gasteiger partial charge in [-0.15, -0.1) is 0 Å². The fraction of sp³-hybridized carbons (Fsp3) is 0.543. The highest BCUT2D eigenvalue weighted by atomic mass is 35.5. The summed E-state index contributed by atoms with van der Waals surface area (Å²) in [6.07, 6.45) is 7.41. The first-order chi connectivity index (χ1) is 50.2. The van der Waals surface area contributed by atoms with Gasteiger partial charge in [-0.2, -0.15) is 0 Å². The molecule has 0 aliphatic heterocycles. The molecule has 4 atom stereocenters. The van der Waals surface area contributed by atoms with Gasteiger partial charge in [-0.25, -0.2) is 19.6 Å². The van der Waals surface area contributed by atoms with Gasteiger partial charge in [0.05, 0.1) is 77.8 Å². The molecule has 30 nitrogen and oxygen atoms in total. The van der Waals surface area contributed by atoms with Crippen LogP contribution in [0.3, 0.4) is 0 Å². The lowest BCUT2D eigenvalue weighted by atomic mass is 10.0. The van der Waals surface area contributed by atoms with Gasteiger partial charge >= 0.3 is 24.1 Å². The fourth-order valence-corrected chi connectivity index (χ4v) is 11.0. The molecular weight excluding hydrogens is 1440 g/mol. The van der Waals surface area contributed by atoms with E-state index >= 15 is 0 Å². The van der Waals surface area contributed by atoms with Crippen molar-refractivity contribution < 1.29 is 86.6 Å². The highest BCUT2D eigenvalue weighted by Crippen LogP contribution is 2.28. The van der Waals surface area contributed by atoms with Crippen LogP contribution in [0.1, 0.15) is 139 Å². The molecule has 574 valence electrons. The summed E-state index contributed by atoms with van der Waals surface area (Å²) in [5, 5.41) is 48.7. The smallest absolute Gasteiger partial charge is 0.407 e. The molecule has 2 aromatic heterocycles. The number of carbonyl (C=O) groups is 10. The van der Waals surface area contributed by atoms with E-state index in [-0.39, 0.29) is 148 Å².